The van der Waals surface area contributed by atoms with Crippen LogP contribution in [0.5, 0.6) is 0 Å². The molecule has 0 unspecified atom stereocenters. The summed E-state index contributed by atoms with van der Waals surface area (Å²) in [5.74, 6) is -0.642. The molecule has 2 aromatic carbocycles. The molecule has 2 heterocycles. The van der Waals surface area contributed by atoms with Gasteiger partial charge in [-0.1, -0.05) is 48.0 Å². The summed E-state index contributed by atoms with van der Waals surface area (Å²) in [5.41, 5.74) is 3.96. The molecule has 0 spiro atoms. The van der Waals surface area contributed by atoms with Gasteiger partial charge in [-0.25, -0.2) is 4.79 Å². The minimum atomic E-state index is -0.616. The average molecular weight is 505 g/mol. The number of aryl methyl sites for hydroxylation is 3. The lowest BCUT2D eigenvalue weighted by molar-refractivity contribution is -0.121. The molecular formula is C27H28N4O4S. The molecule has 36 heavy (non-hydrogen) atoms. The Morgan fingerprint density at radius 1 is 0.917 bits per heavy atom. The normalized spacial score (nSPS) is 11.0. The second-order valence-corrected chi connectivity index (χ2v) is 9.71. The van der Waals surface area contributed by atoms with E-state index in [2.05, 4.69) is 10.6 Å². The molecule has 9 heteroatoms. The number of hydrogen-bond acceptors (Lipinski definition) is 5. The Balaban J connectivity index is 1.53. The van der Waals surface area contributed by atoms with Crippen LogP contribution in [0.2, 0.25) is 0 Å². The third-order valence-corrected chi connectivity index (χ3v) is 6.87. The Bertz CT molecular complexity index is 1530. The predicted octanol–water partition coefficient (Wildman–Crippen LogP) is 3.50. The van der Waals surface area contributed by atoms with Crippen LogP contribution in [0.15, 0.2) is 63.5 Å². The summed E-state index contributed by atoms with van der Waals surface area (Å²) in [4.78, 5) is 51.6. The molecule has 0 aliphatic carbocycles. The fourth-order valence-corrected chi connectivity index (χ4v) is 5.12. The van der Waals surface area contributed by atoms with Crippen LogP contribution in [-0.2, 0) is 29.2 Å². The van der Waals surface area contributed by atoms with Crippen molar-refractivity contribution in [2.75, 3.05) is 5.32 Å². The first-order valence-electron chi connectivity index (χ1n) is 11.6. The van der Waals surface area contributed by atoms with Gasteiger partial charge in [-0.15, -0.1) is 11.3 Å². The molecule has 2 N–H and O–H groups in total. The minimum absolute atomic E-state index is 0.0349. The van der Waals surface area contributed by atoms with E-state index < -0.39 is 11.2 Å². The van der Waals surface area contributed by atoms with E-state index in [-0.39, 0.29) is 31.3 Å². The van der Waals surface area contributed by atoms with Crippen LogP contribution in [-0.4, -0.2) is 20.9 Å². The summed E-state index contributed by atoms with van der Waals surface area (Å²) in [5, 5.41) is 7.43. The molecule has 4 rings (SSSR count). The zero-order chi connectivity index (χ0) is 25.8. The number of thiophene rings is 1. The highest BCUT2D eigenvalue weighted by atomic mass is 32.1. The number of anilines is 1. The van der Waals surface area contributed by atoms with E-state index in [4.69, 9.17) is 0 Å². The maximum atomic E-state index is 13.3. The molecule has 186 valence electrons. The second kappa shape index (κ2) is 10.7. The van der Waals surface area contributed by atoms with Crippen LogP contribution in [0, 0.1) is 20.8 Å². The third kappa shape index (κ3) is 5.46. The number of carbonyl (C=O) groups is 2. The number of carbonyl (C=O) groups excluding carboxylic acids is 2. The Morgan fingerprint density at radius 2 is 1.61 bits per heavy atom. The fraction of sp³-hybridized carbons (Fsp3) is 0.259. The van der Waals surface area contributed by atoms with E-state index in [9.17, 15) is 19.2 Å². The number of benzene rings is 2. The highest BCUT2D eigenvalue weighted by molar-refractivity contribution is 7.17. The zero-order valence-corrected chi connectivity index (χ0v) is 21.3. The van der Waals surface area contributed by atoms with Gasteiger partial charge in [-0.2, -0.15) is 0 Å². The van der Waals surface area contributed by atoms with Crippen molar-refractivity contribution in [3.8, 4) is 0 Å². The first kappa shape index (κ1) is 25.1. The van der Waals surface area contributed by atoms with Crippen LogP contribution >= 0.6 is 11.3 Å². The van der Waals surface area contributed by atoms with Crippen LogP contribution in [0.4, 0.5) is 5.69 Å². The van der Waals surface area contributed by atoms with Crippen molar-refractivity contribution in [2.45, 2.75) is 46.8 Å². The molecular weight excluding hydrogens is 476 g/mol. The largest absolute Gasteiger partial charge is 0.352 e. The standard InChI is InChI=1S/C27H28N4O4S/c1-17-13-18(2)24(19(3)14-17)29-23(33)16-31-21-10-12-36-25(21)26(34)30(27(31)35)11-9-22(32)28-15-20-7-5-4-6-8-20/h4-8,10,12-14H,9,11,15-16H2,1-3H3,(H,28,32)(H,29,33). The van der Waals surface area contributed by atoms with Gasteiger partial charge in [0.1, 0.15) is 11.2 Å². The first-order chi connectivity index (χ1) is 17.2. The maximum Gasteiger partial charge on any atom is 0.332 e. The number of rotatable bonds is 8. The van der Waals surface area contributed by atoms with Gasteiger partial charge >= 0.3 is 5.69 Å². The smallest absolute Gasteiger partial charge is 0.332 e. The second-order valence-electron chi connectivity index (χ2n) is 8.79. The van der Waals surface area contributed by atoms with Gasteiger partial charge in [0.2, 0.25) is 11.8 Å². The van der Waals surface area contributed by atoms with Gasteiger partial charge in [-0.05, 0) is 48.9 Å². The van der Waals surface area contributed by atoms with Crippen LogP contribution < -0.4 is 21.9 Å². The summed E-state index contributed by atoms with van der Waals surface area (Å²) in [6, 6.07) is 15.1. The SMILES string of the molecule is Cc1cc(C)c(NC(=O)Cn2c(=O)n(CCC(=O)NCc3ccccc3)c(=O)c3sccc32)c(C)c1. The molecule has 2 amide bonds. The fourth-order valence-electron chi connectivity index (χ4n) is 4.28. The van der Waals surface area contributed by atoms with E-state index in [1.807, 2.05) is 63.2 Å². The highest BCUT2D eigenvalue weighted by Crippen LogP contribution is 2.22. The van der Waals surface area contributed by atoms with Gasteiger partial charge in [0.05, 0.1) is 5.52 Å². The van der Waals surface area contributed by atoms with E-state index in [1.165, 1.54) is 15.9 Å². The lowest BCUT2D eigenvalue weighted by Gasteiger charge is -2.15. The average Bonchev–Trinajstić information content (AvgIpc) is 3.33. The van der Waals surface area contributed by atoms with E-state index >= 15 is 0 Å². The summed E-state index contributed by atoms with van der Waals surface area (Å²) >= 11 is 1.21. The number of nitrogens with zero attached hydrogens (tertiary/aromatic N) is 2. The van der Waals surface area contributed by atoms with Crippen molar-refractivity contribution in [1.29, 1.82) is 0 Å². The van der Waals surface area contributed by atoms with E-state index in [0.717, 1.165) is 26.8 Å². The number of nitrogens with one attached hydrogen (secondary N) is 2. The summed E-state index contributed by atoms with van der Waals surface area (Å²) in [6.07, 6.45) is -0.0349. The van der Waals surface area contributed by atoms with Crippen molar-refractivity contribution in [2.24, 2.45) is 0 Å². The van der Waals surface area contributed by atoms with E-state index in [0.29, 0.717) is 22.4 Å². The number of fused-ring (bicyclic) bond motifs is 1. The van der Waals surface area contributed by atoms with Gasteiger partial charge in [-0.3, -0.25) is 23.5 Å². The van der Waals surface area contributed by atoms with Crippen LogP contribution in [0.3, 0.4) is 0 Å². The summed E-state index contributed by atoms with van der Waals surface area (Å²) in [6.45, 7) is 5.86. The van der Waals surface area contributed by atoms with Gasteiger partial charge in [0, 0.05) is 25.2 Å². The Labute approximate surface area is 212 Å². The third-order valence-electron chi connectivity index (χ3n) is 5.97. The van der Waals surface area contributed by atoms with Gasteiger partial charge < -0.3 is 10.6 Å². The maximum absolute atomic E-state index is 13.3. The Hall–Kier alpha value is -3.98. The van der Waals surface area contributed by atoms with Crippen molar-refractivity contribution >= 4 is 39.1 Å². The number of aromatic nitrogens is 2. The van der Waals surface area contributed by atoms with Crippen molar-refractivity contribution in [3.05, 3.63) is 97.0 Å². The lowest BCUT2D eigenvalue weighted by atomic mass is 10.1. The molecule has 0 aliphatic rings. The van der Waals surface area contributed by atoms with Crippen molar-refractivity contribution in [3.63, 3.8) is 0 Å². The highest BCUT2D eigenvalue weighted by Gasteiger charge is 2.18. The molecule has 0 saturated carbocycles. The summed E-state index contributed by atoms with van der Waals surface area (Å²) in [7, 11) is 0. The topological polar surface area (TPSA) is 102 Å². The van der Waals surface area contributed by atoms with Crippen LogP contribution in [0.25, 0.3) is 10.2 Å². The molecule has 4 aromatic rings. The van der Waals surface area contributed by atoms with E-state index in [1.54, 1.807) is 11.4 Å². The van der Waals surface area contributed by atoms with Crippen LogP contribution in [0.1, 0.15) is 28.7 Å². The molecule has 0 aliphatic heterocycles. The lowest BCUT2D eigenvalue weighted by Crippen LogP contribution is -2.42. The quantitative estimate of drug-likeness (QED) is 0.383. The first-order valence-corrected chi connectivity index (χ1v) is 12.5. The Kier molecular flexibility index (Phi) is 7.49. The predicted molar refractivity (Wildman–Crippen MR) is 143 cm³/mol. The summed E-state index contributed by atoms with van der Waals surface area (Å²) < 4.78 is 2.70. The zero-order valence-electron chi connectivity index (χ0n) is 20.5. The molecule has 2 aromatic heterocycles. The molecule has 0 fully saturated rings. The minimum Gasteiger partial charge on any atom is -0.352 e. The molecule has 0 saturated heterocycles. The van der Waals surface area contributed by atoms with Gasteiger partial charge in [0.15, 0.2) is 0 Å². The molecule has 0 atom stereocenters. The number of amides is 2. The van der Waals surface area contributed by atoms with Crippen molar-refractivity contribution in [1.82, 2.24) is 14.5 Å². The molecule has 8 nitrogen and oxygen atoms in total. The molecule has 0 bridgehead atoms. The van der Waals surface area contributed by atoms with Crippen molar-refractivity contribution < 1.29 is 9.59 Å². The number of hydrogen-bond donors (Lipinski definition) is 2. The molecule has 0 radical (unpaired) electrons. The van der Waals surface area contributed by atoms with Gasteiger partial charge in [0.25, 0.3) is 5.56 Å². The Morgan fingerprint density at radius 3 is 2.31 bits per heavy atom. The monoisotopic (exact) mass is 504 g/mol.